The van der Waals surface area contributed by atoms with Crippen molar-refractivity contribution >= 4 is 16.8 Å². The number of rotatable bonds is 5. The average molecular weight is 374 g/mol. The van der Waals surface area contributed by atoms with Gasteiger partial charge in [0.1, 0.15) is 0 Å². The number of hydrogen-bond acceptors (Lipinski definition) is 4. The van der Waals surface area contributed by atoms with Crippen LogP contribution in [0, 0.1) is 0 Å². The van der Waals surface area contributed by atoms with E-state index in [9.17, 15) is 4.79 Å². The molecular formula is C23H26N4O. The van der Waals surface area contributed by atoms with Gasteiger partial charge in [-0.25, -0.2) is 4.98 Å². The fourth-order valence-electron chi connectivity index (χ4n) is 3.91. The maximum atomic E-state index is 13.0. The third-order valence-electron chi connectivity index (χ3n) is 5.51. The number of carbonyl (C=O) groups is 1. The Morgan fingerprint density at radius 2 is 2.00 bits per heavy atom. The molecule has 144 valence electrons. The van der Waals surface area contributed by atoms with Crippen LogP contribution in [0.25, 0.3) is 22.3 Å². The molecule has 0 saturated carbocycles. The Bertz CT molecular complexity index is 957. The van der Waals surface area contributed by atoms with Crippen molar-refractivity contribution in [3.05, 3.63) is 60.3 Å². The van der Waals surface area contributed by atoms with E-state index < -0.39 is 0 Å². The number of fused-ring (bicyclic) bond motifs is 1. The van der Waals surface area contributed by atoms with Gasteiger partial charge in [-0.1, -0.05) is 30.7 Å². The summed E-state index contributed by atoms with van der Waals surface area (Å²) in [5.41, 5.74) is 2.94. The first-order valence-electron chi connectivity index (χ1n) is 10.1. The summed E-state index contributed by atoms with van der Waals surface area (Å²) in [6, 6.07) is 15.9. The number of nitrogens with one attached hydrogen (secondary N) is 1. The van der Waals surface area contributed by atoms with E-state index in [0.29, 0.717) is 23.8 Å². The van der Waals surface area contributed by atoms with Crippen molar-refractivity contribution in [1.29, 1.82) is 0 Å². The predicted octanol–water partition coefficient (Wildman–Crippen LogP) is 3.90. The molecule has 5 heteroatoms. The van der Waals surface area contributed by atoms with Gasteiger partial charge in [-0.3, -0.25) is 14.7 Å². The molecule has 1 N–H and O–H groups in total. The Hall–Kier alpha value is -2.79. The van der Waals surface area contributed by atoms with E-state index in [1.807, 2.05) is 48.5 Å². The molecule has 3 heterocycles. The zero-order valence-electron chi connectivity index (χ0n) is 16.3. The second-order valence-corrected chi connectivity index (χ2v) is 7.42. The van der Waals surface area contributed by atoms with Crippen molar-refractivity contribution in [2.45, 2.75) is 32.2 Å². The normalized spacial score (nSPS) is 17.5. The molecule has 0 unspecified atom stereocenters. The highest BCUT2D eigenvalue weighted by Crippen LogP contribution is 2.23. The third kappa shape index (κ3) is 4.04. The molecule has 0 aliphatic carbocycles. The van der Waals surface area contributed by atoms with Gasteiger partial charge in [0.15, 0.2) is 0 Å². The number of hydrogen-bond donors (Lipinski definition) is 1. The Morgan fingerprint density at radius 3 is 2.82 bits per heavy atom. The summed E-state index contributed by atoms with van der Waals surface area (Å²) in [5, 5.41) is 3.98. The maximum Gasteiger partial charge on any atom is 0.252 e. The van der Waals surface area contributed by atoms with Gasteiger partial charge in [-0.15, -0.1) is 0 Å². The first kappa shape index (κ1) is 18.6. The van der Waals surface area contributed by atoms with Crippen molar-refractivity contribution in [1.82, 2.24) is 20.2 Å². The van der Waals surface area contributed by atoms with Gasteiger partial charge in [-0.2, -0.15) is 0 Å². The highest BCUT2D eigenvalue weighted by Gasteiger charge is 2.18. The topological polar surface area (TPSA) is 58.1 Å². The van der Waals surface area contributed by atoms with Crippen molar-refractivity contribution in [3.63, 3.8) is 0 Å². The summed E-state index contributed by atoms with van der Waals surface area (Å²) >= 11 is 0. The van der Waals surface area contributed by atoms with Crippen LogP contribution >= 0.6 is 0 Å². The van der Waals surface area contributed by atoms with Gasteiger partial charge in [0.2, 0.25) is 0 Å². The van der Waals surface area contributed by atoms with Crippen LogP contribution in [0.4, 0.5) is 0 Å². The molecule has 2 aromatic heterocycles. The molecule has 1 saturated heterocycles. The van der Waals surface area contributed by atoms with Crippen LogP contribution in [0.1, 0.15) is 36.5 Å². The van der Waals surface area contributed by atoms with E-state index in [0.717, 1.165) is 29.7 Å². The summed E-state index contributed by atoms with van der Waals surface area (Å²) in [5.74, 6) is -0.0551. The number of pyridine rings is 2. The first-order chi connectivity index (χ1) is 13.7. The number of benzene rings is 1. The molecule has 0 spiro atoms. The van der Waals surface area contributed by atoms with Gasteiger partial charge >= 0.3 is 0 Å². The van der Waals surface area contributed by atoms with E-state index >= 15 is 0 Å². The molecule has 5 nitrogen and oxygen atoms in total. The molecule has 3 aromatic rings. The number of carbonyl (C=O) groups excluding carboxylic acids is 1. The lowest BCUT2D eigenvalue weighted by atomic mass is 10.0. The van der Waals surface area contributed by atoms with E-state index in [1.165, 1.54) is 19.3 Å². The quantitative estimate of drug-likeness (QED) is 0.736. The Kier molecular flexibility index (Phi) is 5.63. The lowest BCUT2D eigenvalue weighted by Gasteiger charge is -2.33. The fraction of sp³-hybridized carbons (Fsp3) is 0.348. The molecule has 1 amide bonds. The number of nitrogens with zero attached hydrogens (tertiary/aromatic N) is 3. The average Bonchev–Trinajstić information content (AvgIpc) is 2.75. The van der Waals surface area contributed by atoms with E-state index in [2.05, 4.69) is 22.1 Å². The van der Waals surface area contributed by atoms with Crippen LogP contribution in [0.15, 0.2) is 54.7 Å². The summed E-state index contributed by atoms with van der Waals surface area (Å²) in [6.45, 7) is 4.94. The van der Waals surface area contributed by atoms with Gasteiger partial charge in [0.25, 0.3) is 5.91 Å². The van der Waals surface area contributed by atoms with Crippen LogP contribution in [-0.2, 0) is 0 Å². The van der Waals surface area contributed by atoms with Crippen molar-refractivity contribution < 1.29 is 4.79 Å². The number of piperidine rings is 1. The van der Waals surface area contributed by atoms with Gasteiger partial charge in [0, 0.05) is 30.7 Å². The van der Waals surface area contributed by atoms with Crippen LogP contribution in [0.2, 0.25) is 0 Å². The summed E-state index contributed by atoms with van der Waals surface area (Å²) < 4.78 is 0. The molecular weight excluding hydrogens is 348 g/mol. The minimum absolute atomic E-state index is 0.0551. The van der Waals surface area contributed by atoms with Crippen LogP contribution < -0.4 is 5.32 Å². The lowest BCUT2D eigenvalue weighted by Crippen LogP contribution is -2.42. The Morgan fingerprint density at radius 1 is 1.14 bits per heavy atom. The molecule has 4 rings (SSSR count). The largest absolute Gasteiger partial charge is 0.351 e. The van der Waals surface area contributed by atoms with Crippen molar-refractivity contribution in [2.75, 3.05) is 19.6 Å². The number of likely N-dealkylation sites (tertiary alicyclic amines) is 1. The first-order valence-corrected chi connectivity index (χ1v) is 10.1. The zero-order chi connectivity index (χ0) is 19.3. The number of amides is 1. The highest BCUT2D eigenvalue weighted by atomic mass is 16.1. The highest BCUT2D eigenvalue weighted by molar-refractivity contribution is 6.07. The molecule has 1 atom stereocenters. The second-order valence-electron chi connectivity index (χ2n) is 7.42. The molecule has 1 aromatic carbocycles. The summed E-state index contributed by atoms with van der Waals surface area (Å²) in [4.78, 5) is 24.5. The van der Waals surface area contributed by atoms with E-state index in [1.54, 1.807) is 6.20 Å². The smallest absolute Gasteiger partial charge is 0.252 e. The minimum Gasteiger partial charge on any atom is -0.351 e. The summed E-state index contributed by atoms with van der Waals surface area (Å²) in [6.07, 6.45) is 5.55. The van der Waals surface area contributed by atoms with Gasteiger partial charge < -0.3 is 5.32 Å². The number of aromatic nitrogens is 2. The third-order valence-corrected chi connectivity index (χ3v) is 5.51. The van der Waals surface area contributed by atoms with Crippen LogP contribution in [0.3, 0.4) is 0 Å². The SMILES string of the molecule is C[C@@H]1CCCCN1CCNC(=O)c1cc(-c2ccccn2)nc2ccccc12. The molecule has 1 aliphatic heterocycles. The lowest BCUT2D eigenvalue weighted by molar-refractivity contribution is 0.0940. The zero-order valence-corrected chi connectivity index (χ0v) is 16.3. The van der Waals surface area contributed by atoms with Crippen LogP contribution in [0.5, 0.6) is 0 Å². The van der Waals surface area contributed by atoms with E-state index in [-0.39, 0.29) is 5.91 Å². The maximum absolute atomic E-state index is 13.0. The molecule has 1 fully saturated rings. The minimum atomic E-state index is -0.0551. The molecule has 1 aliphatic rings. The fourth-order valence-corrected chi connectivity index (χ4v) is 3.91. The van der Waals surface area contributed by atoms with Gasteiger partial charge in [0.05, 0.1) is 22.5 Å². The van der Waals surface area contributed by atoms with Crippen molar-refractivity contribution in [3.8, 4) is 11.4 Å². The van der Waals surface area contributed by atoms with Crippen LogP contribution in [-0.4, -0.2) is 46.5 Å². The monoisotopic (exact) mass is 374 g/mol. The predicted molar refractivity (Wildman–Crippen MR) is 112 cm³/mol. The summed E-state index contributed by atoms with van der Waals surface area (Å²) in [7, 11) is 0. The van der Waals surface area contributed by atoms with E-state index in [4.69, 9.17) is 4.98 Å². The Balaban J connectivity index is 1.55. The molecule has 0 radical (unpaired) electrons. The van der Waals surface area contributed by atoms with Crippen molar-refractivity contribution in [2.24, 2.45) is 0 Å². The standard InChI is InChI=1S/C23H26N4O/c1-17-8-5-7-14-27(17)15-13-25-23(28)19-16-22(21-11-4-6-12-24-21)26-20-10-3-2-9-18(19)20/h2-4,6,9-12,16-17H,5,7-8,13-15H2,1H3,(H,25,28)/t17-/m1/s1. The second kappa shape index (κ2) is 8.48. The molecule has 0 bridgehead atoms. The Labute approximate surface area is 165 Å². The number of para-hydroxylation sites is 1. The molecule has 28 heavy (non-hydrogen) atoms. The van der Waals surface area contributed by atoms with Gasteiger partial charge in [-0.05, 0) is 50.6 Å².